The summed E-state index contributed by atoms with van der Waals surface area (Å²) in [5.74, 6) is -0.688. The first-order valence-corrected chi connectivity index (χ1v) is 6.05. The molecular formula is C11H8BrF3N2O2. The Balaban J connectivity index is 2.54. The van der Waals surface area contributed by atoms with Gasteiger partial charge in [0.05, 0.1) is 12.2 Å². The Morgan fingerprint density at radius 3 is 2.79 bits per heavy atom. The number of rotatable bonds is 2. The Kier molecular flexibility index (Phi) is 3.53. The van der Waals surface area contributed by atoms with Crippen LogP contribution in [0, 0.1) is 0 Å². The fourth-order valence-corrected chi connectivity index (χ4v) is 2.07. The van der Waals surface area contributed by atoms with Gasteiger partial charge in [-0.3, -0.25) is 4.40 Å². The predicted octanol–water partition coefficient (Wildman–Crippen LogP) is 3.29. The number of aromatic nitrogens is 2. The van der Waals surface area contributed by atoms with Crippen LogP contribution in [0.2, 0.25) is 0 Å². The molecule has 0 aromatic carbocycles. The number of nitrogens with zero attached hydrogens (tertiary/aromatic N) is 2. The summed E-state index contributed by atoms with van der Waals surface area (Å²) in [5.41, 5.74) is -0.862. The molecule has 0 radical (unpaired) electrons. The average Bonchev–Trinajstić information content (AvgIpc) is 2.66. The van der Waals surface area contributed by atoms with Crippen molar-refractivity contribution in [3.8, 4) is 0 Å². The molecule has 2 rings (SSSR count). The second-order valence-electron chi connectivity index (χ2n) is 3.61. The summed E-state index contributed by atoms with van der Waals surface area (Å²) in [7, 11) is 0. The van der Waals surface area contributed by atoms with E-state index in [-0.39, 0.29) is 22.6 Å². The maximum atomic E-state index is 12.6. The van der Waals surface area contributed by atoms with Gasteiger partial charge in [-0.1, -0.05) is 0 Å². The predicted molar refractivity (Wildman–Crippen MR) is 63.9 cm³/mol. The molecule has 4 nitrogen and oxygen atoms in total. The second kappa shape index (κ2) is 4.84. The molecule has 8 heteroatoms. The molecule has 19 heavy (non-hydrogen) atoms. The fourth-order valence-electron chi connectivity index (χ4n) is 1.52. The van der Waals surface area contributed by atoms with Gasteiger partial charge in [-0.25, -0.2) is 9.78 Å². The highest BCUT2D eigenvalue weighted by Crippen LogP contribution is 2.31. The Labute approximate surface area is 114 Å². The minimum atomic E-state index is -4.45. The maximum Gasteiger partial charge on any atom is 0.416 e. The number of ether oxygens (including phenoxy) is 1. The number of esters is 1. The van der Waals surface area contributed by atoms with Crippen LogP contribution in [-0.2, 0) is 10.9 Å². The monoisotopic (exact) mass is 336 g/mol. The molecule has 0 saturated heterocycles. The van der Waals surface area contributed by atoms with Gasteiger partial charge in [0.2, 0.25) is 0 Å². The summed E-state index contributed by atoms with van der Waals surface area (Å²) in [5, 5.41) is 0. The minimum Gasteiger partial charge on any atom is -0.461 e. The number of halogens is 4. The van der Waals surface area contributed by atoms with Crippen LogP contribution in [-0.4, -0.2) is 22.0 Å². The highest BCUT2D eigenvalue weighted by Gasteiger charge is 2.31. The van der Waals surface area contributed by atoms with Crippen molar-refractivity contribution in [3.05, 3.63) is 34.2 Å². The van der Waals surface area contributed by atoms with Crippen molar-refractivity contribution in [2.24, 2.45) is 0 Å². The first-order chi connectivity index (χ1) is 8.84. The minimum absolute atomic E-state index is 0.0183. The van der Waals surface area contributed by atoms with Crippen LogP contribution in [0.4, 0.5) is 13.2 Å². The molecule has 2 aromatic heterocycles. The molecule has 2 aromatic rings. The van der Waals surface area contributed by atoms with Crippen molar-refractivity contribution in [2.45, 2.75) is 13.1 Å². The van der Waals surface area contributed by atoms with E-state index in [1.807, 2.05) is 0 Å². The molecule has 0 amide bonds. The zero-order valence-corrected chi connectivity index (χ0v) is 11.2. The Morgan fingerprint density at radius 1 is 1.53 bits per heavy atom. The van der Waals surface area contributed by atoms with E-state index in [1.54, 1.807) is 6.92 Å². The van der Waals surface area contributed by atoms with E-state index in [0.29, 0.717) is 0 Å². The number of imidazole rings is 1. The van der Waals surface area contributed by atoms with Gasteiger partial charge in [0.15, 0.2) is 5.69 Å². The smallest absolute Gasteiger partial charge is 0.416 e. The summed E-state index contributed by atoms with van der Waals surface area (Å²) in [6.45, 7) is 1.79. The van der Waals surface area contributed by atoms with E-state index < -0.39 is 17.7 Å². The van der Waals surface area contributed by atoms with Crippen molar-refractivity contribution in [1.82, 2.24) is 9.38 Å². The molecule has 0 aliphatic rings. The van der Waals surface area contributed by atoms with Gasteiger partial charge in [0.1, 0.15) is 10.3 Å². The molecule has 0 aliphatic heterocycles. The lowest BCUT2D eigenvalue weighted by molar-refractivity contribution is -0.137. The first kappa shape index (κ1) is 13.9. The molecule has 0 aliphatic carbocycles. The summed E-state index contributed by atoms with van der Waals surface area (Å²) < 4.78 is 44.0. The Hall–Kier alpha value is -1.57. The number of carbonyl (C=O) groups excluding carboxylic acids is 1. The quantitative estimate of drug-likeness (QED) is 0.790. The third-order valence-corrected chi connectivity index (χ3v) is 3.12. The topological polar surface area (TPSA) is 43.6 Å². The van der Waals surface area contributed by atoms with Crippen molar-refractivity contribution in [2.75, 3.05) is 6.61 Å². The van der Waals surface area contributed by atoms with Crippen molar-refractivity contribution in [3.63, 3.8) is 0 Å². The third-order valence-electron chi connectivity index (χ3n) is 2.36. The largest absolute Gasteiger partial charge is 0.461 e. The maximum absolute atomic E-state index is 12.6. The molecular weight excluding hydrogens is 329 g/mol. The van der Waals surface area contributed by atoms with E-state index in [4.69, 9.17) is 4.74 Å². The molecule has 0 fully saturated rings. The van der Waals surface area contributed by atoms with Crippen LogP contribution in [0.15, 0.2) is 22.9 Å². The van der Waals surface area contributed by atoms with E-state index in [2.05, 4.69) is 20.9 Å². The van der Waals surface area contributed by atoms with Gasteiger partial charge in [-0.2, -0.15) is 13.2 Å². The van der Waals surface area contributed by atoms with Crippen molar-refractivity contribution >= 4 is 27.5 Å². The highest BCUT2D eigenvalue weighted by molar-refractivity contribution is 9.10. The normalized spacial score (nSPS) is 11.8. The zero-order chi connectivity index (χ0) is 14.2. The molecule has 0 bridgehead atoms. The first-order valence-electron chi connectivity index (χ1n) is 5.26. The number of fused-ring (bicyclic) bond motifs is 1. The van der Waals surface area contributed by atoms with E-state index in [0.717, 1.165) is 12.1 Å². The standard InChI is InChI=1S/C11H8BrF3N2O2/c1-2-19-10(18)8-9(12)17-4-3-6(11(13,14)15)5-7(17)16-8/h3-5H,2H2,1H3. The molecule has 102 valence electrons. The Bertz CT molecular complexity index is 637. The van der Waals surface area contributed by atoms with E-state index >= 15 is 0 Å². The van der Waals surface area contributed by atoms with Gasteiger partial charge in [-0.05, 0) is 35.0 Å². The van der Waals surface area contributed by atoms with Gasteiger partial charge >= 0.3 is 12.1 Å². The average molecular weight is 337 g/mol. The summed E-state index contributed by atoms with van der Waals surface area (Å²) in [6, 6.07) is 1.78. The van der Waals surface area contributed by atoms with Crippen molar-refractivity contribution < 1.29 is 22.7 Å². The third kappa shape index (κ3) is 2.58. The molecule has 0 N–H and O–H groups in total. The van der Waals surface area contributed by atoms with Crippen molar-refractivity contribution in [1.29, 1.82) is 0 Å². The lowest BCUT2D eigenvalue weighted by Gasteiger charge is -2.06. The zero-order valence-electron chi connectivity index (χ0n) is 9.66. The molecule has 0 unspecified atom stereocenters. The molecule has 0 spiro atoms. The van der Waals surface area contributed by atoms with Crippen LogP contribution < -0.4 is 0 Å². The summed E-state index contributed by atoms with van der Waals surface area (Å²) in [6.07, 6.45) is -3.26. The van der Waals surface area contributed by atoms with Crippen LogP contribution in [0.1, 0.15) is 23.0 Å². The van der Waals surface area contributed by atoms with Gasteiger partial charge in [0, 0.05) is 6.20 Å². The SMILES string of the molecule is CCOC(=O)c1nc2cc(C(F)(F)F)ccn2c1Br. The van der Waals surface area contributed by atoms with Gasteiger partial charge in [0.25, 0.3) is 0 Å². The lowest BCUT2D eigenvalue weighted by atomic mass is 10.2. The van der Waals surface area contributed by atoms with Crippen LogP contribution in [0.25, 0.3) is 5.65 Å². The van der Waals surface area contributed by atoms with Crippen LogP contribution in [0.3, 0.4) is 0 Å². The Morgan fingerprint density at radius 2 is 2.21 bits per heavy atom. The number of pyridine rings is 1. The number of carbonyl (C=O) groups is 1. The highest BCUT2D eigenvalue weighted by atomic mass is 79.9. The van der Waals surface area contributed by atoms with E-state index in [9.17, 15) is 18.0 Å². The van der Waals surface area contributed by atoms with Gasteiger partial charge in [-0.15, -0.1) is 0 Å². The lowest BCUT2D eigenvalue weighted by Crippen LogP contribution is -2.05. The molecule has 2 heterocycles. The fraction of sp³-hybridized carbons (Fsp3) is 0.273. The molecule has 0 atom stereocenters. The summed E-state index contributed by atoms with van der Waals surface area (Å²) >= 11 is 3.12. The summed E-state index contributed by atoms with van der Waals surface area (Å²) in [4.78, 5) is 15.4. The van der Waals surface area contributed by atoms with Crippen LogP contribution >= 0.6 is 15.9 Å². The molecule has 0 saturated carbocycles. The second-order valence-corrected chi connectivity index (χ2v) is 4.36. The number of alkyl halides is 3. The number of hydrogen-bond acceptors (Lipinski definition) is 3. The van der Waals surface area contributed by atoms with E-state index in [1.165, 1.54) is 10.6 Å². The number of hydrogen-bond donors (Lipinski definition) is 0. The van der Waals surface area contributed by atoms with Crippen LogP contribution in [0.5, 0.6) is 0 Å². The van der Waals surface area contributed by atoms with Gasteiger partial charge < -0.3 is 4.74 Å².